The number of hydrogen-bond donors (Lipinski definition) is 0. The van der Waals surface area contributed by atoms with Crippen LogP contribution in [0.1, 0.15) is 0 Å². The van der Waals surface area contributed by atoms with Gasteiger partial charge in [0.25, 0.3) is 0 Å². The van der Waals surface area contributed by atoms with E-state index in [1.807, 2.05) is 0 Å². The summed E-state index contributed by atoms with van der Waals surface area (Å²) in [6, 6.07) is 3.51. The molecule has 1 aliphatic heterocycles. The van der Waals surface area contributed by atoms with Gasteiger partial charge < -0.3 is 0 Å². The standard InChI is InChI=1S/C7H6N2O2S/c8-3-7(4-9)6-1-2-12(10,11)5-6/h1-2,6-7H,5H2/t6-/m1/s1. The third kappa shape index (κ3) is 1.63. The molecule has 12 heavy (non-hydrogen) atoms. The van der Waals surface area contributed by atoms with Crippen LogP contribution in [0.15, 0.2) is 11.5 Å². The maximum atomic E-state index is 10.9. The zero-order valence-corrected chi connectivity index (χ0v) is 6.95. The fraction of sp³-hybridized carbons (Fsp3) is 0.429. The van der Waals surface area contributed by atoms with Crippen molar-refractivity contribution in [2.75, 3.05) is 5.75 Å². The van der Waals surface area contributed by atoms with Gasteiger partial charge in [-0.05, 0) is 0 Å². The minimum absolute atomic E-state index is 0.112. The van der Waals surface area contributed by atoms with Crippen molar-refractivity contribution in [2.24, 2.45) is 11.8 Å². The molecule has 1 heterocycles. The molecule has 0 fully saturated rings. The van der Waals surface area contributed by atoms with Crippen molar-refractivity contribution in [3.05, 3.63) is 11.5 Å². The predicted molar refractivity (Wildman–Crippen MR) is 41.1 cm³/mol. The van der Waals surface area contributed by atoms with Gasteiger partial charge in [-0.1, -0.05) is 6.08 Å². The van der Waals surface area contributed by atoms with Crippen LogP contribution >= 0.6 is 0 Å². The molecule has 0 aromatic carbocycles. The predicted octanol–water partition coefficient (Wildman–Crippen LogP) is 0.208. The summed E-state index contributed by atoms with van der Waals surface area (Å²) in [5.74, 6) is -1.41. The first-order valence-electron chi connectivity index (χ1n) is 3.29. The first-order valence-corrected chi connectivity index (χ1v) is 5.01. The number of nitriles is 2. The van der Waals surface area contributed by atoms with Gasteiger partial charge in [0.1, 0.15) is 5.92 Å². The molecule has 0 saturated carbocycles. The topological polar surface area (TPSA) is 81.7 Å². The molecule has 62 valence electrons. The Bertz CT molecular complexity index is 369. The molecule has 0 radical (unpaired) electrons. The van der Waals surface area contributed by atoms with Crippen LogP contribution < -0.4 is 0 Å². The van der Waals surface area contributed by atoms with E-state index in [0.29, 0.717) is 0 Å². The van der Waals surface area contributed by atoms with Crippen LogP contribution in [0.3, 0.4) is 0 Å². The Kier molecular flexibility index (Phi) is 2.16. The van der Waals surface area contributed by atoms with Crippen molar-refractivity contribution in [1.82, 2.24) is 0 Å². The molecule has 0 amide bonds. The van der Waals surface area contributed by atoms with Gasteiger partial charge in [0.05, 0.1) is 17.9 Å². The molecule has 0 aliphatic carbocycles. The van der Waals surface area contributed by atoms with E-state index in [1.54, 1.807) is 12.1 Å². The van der Waals surface area contributed by atoms with E-state index in [1.165, 1.54) is 6.08 Å². The number of allylic oxidation sites excluding steroid dienone is 1. The fourth-order valence-corrected chi connectivity index (χ4v) is 2.42. The summed E-state index contributed by atoms with van der Waals surface area (Å²) in [4.78, 5) is 0. The molecule has 5 heteroatoms. The Morgan fingerprint density at radius 1 is 1.42 bits per heavy atom. The van der Waals surface area contributed by atoms with Gasteiger partial charge in [-0.2, -0.15) is 10.5 Å². The van der Waals surface area contributed by atoms with Crippen LogP contribution in [0, 0.1) is 34.5 Å². The smallest absolute Gasteiger partial charge is 0.171 e. The molecule has 0 bridgehead atoms. The van der Waals surface area contributed by atoms with Crippen molar-refractivity contribution in [1.29, 1.82) is 10.5 Å². The number of rotatable bonds is 1. The van der Waals surface area contributed by atoms with Gasteiger partial charge in [0.2, 0.25) is 0 Å². The van der Waals surface area contributed by atoms with Gasteiger partial charge in [0.15, 0.2) is 9.84 Å². The van der Waals surface area contributed by atoms with Crippen LogP contribution in [-0.4, -0.2) is 14.2 Å². The van der Waals surface area contributed by atoms with Gasteiger partial charge >= 0.3 is 0 Å². The summed E-state index contributed by atoms with van der Waals surface area (Å²) in [6.45, 7) is 0. The van der Waals surface area contributed by atoms with Crippen molar-refractivity contribution < 1.29 is 8.42 Å². The average Bonchev–Trinajstić information content (AvgIpc) is 2.34. The third-order valence-electron chi connectivity index (χ3n) is 1.66. The van der Waals surface area contributed by atoms with E-state index in [4.69, 9.17) is 10.5 Å². The number of sulfone groups is 1. The molecule has 1 aliphatic rings. The molecule has 0 spiro atoms. The molecule has 1 rings (SSSR count). The van der Waals surface area contributed by atoms with E-state index in [9.17, 15) is 8.42 Å². The van der Waals surface area contributed by atoms with E-state index >= 15 is 0 Å². The lowest BCUT2D eigenvalue weighted by Crippen LogP contribution is -2.13. The minimum atomic E-state index is -3.14. The molecule has 0 aromatic heterocycles. The second-order valence-electron chi connectivity index (χ2n) is 2.56. The average molecular weight is 182 g/mol. The van der Waals surface area contributed by atoms with E-state index in [0.717, 1.165) is 5.41 Å². The quantitative estimate of drug-likeness (QED) is 0.580. The molecule has 0 unspecified atom stereocenters. The maximum Gasteiger partial charge on any atom is 0.171 e. The lowest BCUT2D eigenvalue weighted by molar-refractivity contribution is 0.586. The molecular weight excluding hydrogens is 176 g/mol. The monoisotopic (exact) mass is 182 g/mol. The SMILES string of the molecule is N#CC(C#N)[C@@H]1C=CS(=O)(=O)C1. The highest BCUT2D eigenvalue weighted by Gasteiger charge is 2.28. The van der Waals surface area contributed by atoms with E-state index in [2.05, 4.69) is 0 Å². The van der Waals surface area contributed by atoms with Crippen LogP contribution in [0.4, 0.5) is 0 Å². The summed E-state index contributed by atoms with van der Waals surface area (Å²) in [5.41, 5.74) is 0. The van der Waals surface area contributed by atoms with Crippen LogP contribution in [-0.2, 0) is 9.84 Å². The third-order valence-corrected chi connectivity index (χ3v) is 3.09. The van der Waals surface area contributed by atoms with Gasteiger partial charge in [-0.25, -0.2) is 8.42 Å². The second-order valence-corrected chi connectivity index (χ2v) is 4.49. The maximum absolute atomic E-state index is 10.9. The largest absolute Gasteiger partial charge is 0.224 e. The van der Waals surface area contributed by atoms with Crippen molar-refractivity contribution >= 4 is 9.84 Å². The zero-order valence-electron chi connectivity index (χ0n) is 6.14. The molecule has 1 atom stereocenters. The molecule has 0 aromatic rings. The summed E-state index contributed by atoms with van der Waals surface area (Å²) in [7, 11) is -3.14. The normalized spacial score (nSPS) is 25.1. The second kappa shape index (κ2) is 2.96. The summed E-state index contributed by atoms with van der Waals surface area (Å²) < 4.78 is 21.7. The van der Waals surface area contributed by atoms with Crippen LogP contribution in [0.2, 0.25) is 0 Å². The summed E-state index contributed by atoms with van der Waals surface area (Å²) in [6.07, 6.45) is 1.41. The fourth-order valence-electron chi connectivity index (χ4n) is 1.03. The molecule has 4 nitrogen and oxygen atoms in total. The lowest BCUT2D eigenvalue weighted by atomic mass is 9.97. The van der Waals surface area contributed by atoms with Crippen LogP contribution in [0.5, 0.6) is 0 Å². The van der Waals surface area contributed by atoms with Gasteiger partial charge in [0, 0.05) is 11.3 Å². The van der Waals surface area contributed by atoms with Crippen LogP contribution in [0.25, 0.3) is 0 Å². The highest BCUT2D eigenvalue weighted by atomic mass is 32.2. The first kappa shape index (κ1) is 8.76. The number of hydrogen-bond acceptors (Lipinski definition) is 4. The van der Waals surface area contributed by atoms with E-state index in [-0.39, 0.29) is 5.75 Å². The Hall–Kier alpha value is -1.33. The van der Waals surface area contributed by atoms with Gasteiger partial charge in [-0.15, -0.1) is 0 Å². The Morgan fingerprint density at radius 3 is 2.33 bits per heavy atom. The highest BCUT2D eigenvalue weighted by molar-refractivity contribution is 7.94. The first-order chi connectivity index (χ1) is 5.59. The molecular formula is C7H6N2O2S. The minimum Gasteiger partial charge on any atom is -0.224 e. The lowest BCUT2D eigenvalue weighted by Gasteiger charge is -2.03. The zero-order chi connectivity index (χ0) is 9.19. The Morgan fingerprint density at radius 2 is 2.00 bits per heavy atom. The van der Waals surface area contributed by atoms with Crippen molar-refractivity contribution in [2.45, 2.75) is 0 Å². The molecule has 0 N–H and O–H groups in total. The van der Waals surface area contributed by atoms with Gasteiger partial charge in [-0.3, -0.25) is 0 Å². The Balaban J connectivity index is 2.82. The summed E-state index contributed by atoms with van der Waals surface area (Å²) >= 11 is 0. The number of nitrogens with zero attached hydrogens (tertiary/aromatic N) is 2. The van der Waals surface area contributed by atoms with E-state index < -0.39 is 21.7 Å². The highest BCUT2D eigenvalue weighted by Crippen LogP contribution is 2.21. The Labute approximate surface area is 70.6 Å². The van der Waals surface area contributed by atoms with Crippen molar-refractivity contribution in [3.63, 3.8) is 0 Å². The summed E-state index contributed by atoms with van der Waals surface area (Å²) in [5, 5.41) is 18.0. The van der Waals surface area contributed by atoms with Crippen molar-refractivity contribution in [3.8, 4) is 12.1 Å². The molecule has 0 saturated heterocycles.